The summed E-state index contributed by atoms with van der Waals surface area (Å²) in [6, 6.07) is 19.2. The van der Waals surface area contributed by atoms with Gasteiger partial charge in [-0.1, -0.05) is 34.1 Å². The molecule has 21 heavy (non-hydrogen) atoms. The Balaban J connectivity index is 1.70. The number of aromatic nitrogens is 1. The SMILES string of the molecule is CC(Cc1ccc(Br)cc1)Nc1ccc2ncccc2c1. The molecule has 2 aromatic carbocycles. The van der Waals surface area contributed by atoms with Crippen molar-refractivity contribution in [3.63, 3.8) is 0 Å². The topological polar surface area (TPSA) is 24.9 Å². The molecule has 0 saturated heterocycles. The molecule has 0 bridgehead atoms. The van der Waals surface area contributed by atoms with Crippen molar-refractivity contribution < 1.29 is 0 Å². The van der Waals surface area contributed by atoms with E-state index in [9.17, 15) is 0 Å². The molecule has 3 heteroatoms. The fraction of sp³-hybridized carbons (Fsp3) is 0.167. The minimum atomic E-state index is 0.375. The van der Waals surface area contributed by atoms with Crippen molar-refractivity contribution in [1.82, 2.24) is 4.98 Å². The van der Waals surface area contributed by atoms with E-state index >= 15 is 0 Å². The summed E-state index contributed by atoms with van der Waals surface area (Å²) in [6.07, 6.45) is 2.82. The normalized spacial score (nSPS) is 12.3. The molecule has 0 spiro atoms. The van der Waals surface area contributed by atoms with E-state index in [1.807, 2.05) is 12.3 Å². The number of fused-ring (bicyclic) bond motifs is 1. The molecule has 0 aliphatic carbocycles. The predicted molar refractivity (Wildman–Crippen MR) is 92.7 cm³/mol. The number of halogens is 1. The number of nitrogens with one attached hydrogen (secondary N) is 1. The number of benzene rings is 2. The van der Waals surface area contributed by atoms with Crippen molar-refractivity contribution in [2.75, 3.05) is 5.32 Å². The maximum Gasteiger partial charge on any atom is 0.0703 e. The lowest BCUT2D eigenvalue weighted by molar-refractivity contribution is 0.790. The van der Waals surface area contributed by atoms with Gasteiger partial charge in [-0.3, -0.25) is 4.98 Å². The van der Waals surface area contributed by atoms with Crippen LogP contribution in [0.5, 0.6) is 0 Å². The second-order valence-electron chi connectivity index (χ2n) is 5.29. The van der Waals surface area contributed by atoms with Crippen LogP contribution in [0.3, 0.4) is 0 Å². The van der Waals surface area contributed by atoms with E-state index in [1.165, 1.54) is 10.9 Å². The van der Waals surface area contributed by atoms with Crippen LogP contribution in [0.25, 0.3) is 10.9 Å². The number of nitrogens with zero attached hydrogens (tertiary/aromatic N) is 1. The first kappa shape index (κ1) is 14.1. The average molecular weight is 341 g/mol. The van der Waals surface area contributed by atoms with Crippen molar-refractivity contribution in [3.05, 3.63) is 70.8 Å². The summed E-state index contributed by atoms with van der Waals surface area (Å²) in [5.41, 5.74) is 3.50. The molecule has 3 aromatic rings. The van der Waals surface area contributed by atoms with Crippen LogP contribution in [-0.2, 0) is 6.42 Å². The van der Waals surface area contributed by atoms with Gasteiger partial charge in [-0.05, 0) is 55.3 Å². The first-order chi connectivity index (χ1) is 10.2. The van der Waals surface area contributed by atoms with Crippen LogP contribution in [0.15, 0.2) is 65.3 Å². The minimum Gasteiger partial charge on any atom is -0.382 e. The van der Waals surface area contributed by atoms with Crippen LogP contribution in [0.2, 0.25) is 0 Å². The molecule has 0 fully saturated rings. The molecule has 106 valence electrons. The van der Waals surface area contributed by atoms with E-state index in [1.54, 1.807) is 0 Å². The molecule has 1 N–H and O–H groups in total. The van der Waals surface area contributed by atoms with Gasteiger partial charge in [-0.2, -0.15) is 0 Å². The summed E-state index contributed by atoms with van der Waals surface area (Å²) in [4.78, 5) is 4.35. The zero-order valence-electron chi connectivity index (χ0n) is 11.9. The van der Waals surface area contributed by atoms with Crippen LogP contribution < -0.4 is 5.32 Å². The van der Waals surface area contributed by atoms with Gasteiger partial charge in [0.15, 0.2) is 0 Å². The van der Waals surface area contributed by atoms with Crippen molar-refractivity contribution >= 4 is 32.5 Å². The van der Waals surface area contributed by atoms with Crippen LogP contribution in [0.4, 0.5) is 5.69 Å². The molecule has 0 radical (unpaired) electrons. The lowest BCUT2D eigenvalue weighted by Crippen LogP contribution is -2.17. The summed E-state index contributed by atoms with van der Waals surface area (Å²) >= 11 is 3.47. The van der Waals surface area contributed by atoms with E-state index in [-0.39, 0.29) is 0 Å². The maximum absolute atomic E-state index is 4.35. The van der Waals surface area contributed by atoms with Crippen LogP contribution >= 0.6 is 15.9 Å². The molecular weight excluding hydrogens is 324 g/mol. The van der Waals surface area contributed by atoms with Crippen LogP contribution in [0, 0.1) is 0 Å². The fourth-order valence-electron chi connectivity index (χ4n) is 2.47. The fourth-order valence-corrected chi connectivity index (χ4v) is 2.74. The van der Waals surface area contributed by atoms with Gasteiger partial charge in [0.1, 0.15) is 0 Å². The number of pyridine rings is 1. The quantitative estimate of drug-likeness (QED) is 0.719. The molecule has 1 heterocycles. The van der Waals surface area contributed by atoms with Crippen LogP contribution in [-0.4, -0.2) is 11.0 Å². The van der Waals surface area contributed by atoms with Crippen LogP contribution in [0.1, 0.15) is 12.5 Å². The Morgan fingerprint density at radius 1 is 1.10 bits per heavy atom. The van der Waals surface area contributed by atoms with E-state index in [0.29, 0.717) is 6.04 Å². The number of rotatable bonds is 4. The van der Waals surface area contributed by atoms with Gasteiger partial charge in [0.05, 0.1) is 5.52 Å². The highest BCUT2D eigenvalue weighted by Gasteiger charge is 2.04. The van der Waals surface area contributed by atoms with E-state index < -0.39 is 0 Å². The number of anilines is 1. The van der Waals surface area contributed by atoms with Gasteiger partial charge in [-0.15, -0.1) is 0 Å². The summed E-state index contributed by atoms with van der Waals surface area (Å²) in [5, 5.41) is 4.72. The minimum absolute atomic E-state index is 0.375. The Hall–Kier alpha value is -1.87. The number of hydrogen-bond donors (Lipinski definition) is 1. The number of hydrogen-bond acceptors (Lipinski definition) is 2. The van der Waals surface area contributed by atoms with E-state index in [2.05, 4.69) is 81.7 Å². The van der Waals surface area contributed by atoms with Crippen molar-refractivity contribution in [2.24, 2.45) is 0 Å². The van der Waals surface area contributed by atoms with E-state index in [4.69, 9.17) is 0 Å². The Morgan fingerprint density at radius 3 is 2.71 bits per heavy atom. The molecule has 3 rings (SSSR count). The van der Waals surface area contributed by atoms with Gasteiger partial charge in [0.2, 0.25) is 0 Å². The van der Waals surface area contributed by atoms with Crippen molar-refractivity contribution in [2.45, 2.75) is 19.4 Å². The third-order valence-corrected chi connectivity index (χ3v) is 4.00. The molecule has 2 nitrogen and oxygen atoms in total. The molecule has 0 aliphatic heterocycles. The highest BCUT2D eigenvalue weighted by Crippen LogP contribution is 2.19. The Morgan fingerprint density at radius 2 is 1.90 bits per heavy atom. The molecule has 1 atom stereocenters. The molecule has 0 saturated carbocycles. The summed E-state index contributed by atoms with van der Waals surface area (Å²) < 4.78 is 1.12. The zero-order valence-corrected chi connectivity index (χ0v) is 13.5. The molecule has 1 unspecified atom stereocenters. The Bertz CT molecular complexity index is 738. The third-order valence-electron chi connectivity index (χ3n) is 3.47. The highest BCUT2D eigenvalue weighted by atomic mass is 79.9. The largest absolute Gasteiger partial charge is 0.382 e. The highest BCUT2D eigenvalue weighted by molar-refractivity contribution is 9.10. The van der Waals surface area contributed by atoms with Gasteiger partial charge < -0.3 is 5.32 Å². The standard InChI is InChI=1S/C18H17BrN2/c1-13(11-14-4-6-16(19)7-5-14)21-17-8-9-18-15(12-17)3-2-10-20-18/h2-10,12-13,21H,11H2,1H3. The molecule has 1 aromatic heterocycles. The summed E-state index contributed by atoms with van der Waals surface area (Å²) in [6.45, 7) is 2.20. The first-order valence-electron chi connectivity index (χ1n) is 7.06. The second kappa shape index (κ2) is 6.27. The maximum atomic E-state index is 4.35. The first-order valence-corrected chi connectivity index (χ1v) is 7.86. The van der Waals surface area contributed by atoms with Gasteiger partial charge in [0.25, 0.3) is 0 Å². The predicted octanol–water partition coefficient (Wildman–Crippen LogP) is 5.04. The van der Waals surface area contributed by atoms with Crippen molar-refractivity contribution in [3.8, 4) is 0 Å². The van der Waals surface area contributed by atoms with Crippen molar-refractivity contribution in [1.29, 1.82) is 0 Å². The van der Waals surface area contributed by atoms with Gasteiger partial charge in [-0.25, -0.2) is 0 Å². The Labute approximate surface area is 133 Å². The van der Waals surface area contributed by atoms with Gasteiger partial charge >= 0.3 is 0 Å². The molecule has 0 amide bonds. The summed E-state index contributed by atoms with van der Waals surface area (Å²) in [7, 11) is 0. The zero-order chi connectivity index (χ0) is 14.7. The lowest BCUT2D eigenvalue weighted by atomic mass is 10.1. The average Bonchev–Trinajstić information content (AvgIpc) is 2.49. The molecule has 0 aliphatic rings. The monoisotopic (exact) mass is 340 g/mol. The summed E-state index contributed by atoms with van der Waals surface area (Å²) in [5.74, 6) is 0. The second-order valence-corrected chi connectivity index (χ2v) is 6.20. The lowest BCUT2D eigenvalue weighted by Gasteiger charge is -2.16. The third kappa shape index (κ3) is 3.61. The van der Waals surface area contributed by atoms with Gasteiger partial charge in [0, 0.05) is 27.8 Å². The molecular formula is C18H17BrN2. The van der Waals surface area contributed by atoms with E-state index in [0.717, 1.165) is 22.1 Å². The Kier molecular flexibility index (Phi) is 4.20. The smallest absolute Gasteiger partial charge is 0.0703 e.